The number of nitrogens with one attached hydrogen (secondary N) is 1. The van der Waals surface area contributed by atoms with E-state index in [9.17, 15) is 0 Å². The first-order valence-electron chi connectivity index (χ1n) is 11.1. The lowest BCUT2D eigenvalue weighted by molar-refractivity contribution is 0.217. The molecule has 1 N–H and O–H groups in total. The van der Waals surface area contributed by atoms with Gasteiger partial charge >= 0.3 is 0 Å². The predicted octanol–water partition coefficient (Wildman–Crippen LogP) is 5.16. The maximum atomic E-state index is 6.71. The molecule has 1 aromatic heterocycles. The lowest BCUT2D eigenvalue weighted by Crippen LogP contribution is -2.32. The van der Waals surface area contributed by atoms with Crippen LogP contribution in [0.25, 0.3) is 5.70 Å². The molecule has 0 amide bonds. The van der Waals surface area contributed by atoms with Crippen LogP contribution in [0.4, 0.5) is 5.95 Å². The third-order valence-electron chi connectivity index (χ3n) is 6.53. The van der Waals surface area contributed by atoms with Gasteiger partial charge in [0.25, 0.3) is 0 Å². The van der Waals surface area contributed by atoms with Crippen molar-refractivity contribution in [3.8, 4) is 17.2 Å². The fraction of sp³-hybridized carbons (Fsp3) is 0.185. The minimum Gasteiger partial charge on any atom is -0.497 e. The van der Waals surface area contributed by atoms with E-state index in [0.717, 1.165) is 39.5 Å². The van der Waals surface area contributed by atoms with Crippen molar-refractivity contribution in [1.82, 2.24) is 14.8 Å². The number of aromatic nitrogens is 3. The highest BCUT2D eigenvalue weighted by molar-refractivity contribution is 5.85. The predicted molar refractivity (Wildman–Crippen MR) is 129 cm³/mol. The zero-order valence-corrected chi connectivity index (χ0v) is 19.1. The van der Waals surface area contributed by atoms with Gasteiger partial charge in [0.2, 0.25) is 5.95 Å². The fourth-order valence-electron chi connectivity index (χ4n) is 4.90. The third-order valence-corrected chi connectivity index (χ3v) is 6.53. The summed E-state index contributed by atoms with van der Waals surface area (Å²) in [5.74, 6) is 2.92. The Morgan fingerprint density at radius 2 is 1.76 bits per heavy atom. The highest BCUT2D eigenvalue weighted by Gasteiger charge is 2.42. The molecule has 0 fully saturated rings. The number of rotatable bonds is 4. The van der Waals surface area contributed by atoms with Crippen LogP contribution in [0.3, 0.4) is 0 Å². The standard InChI is InChI=1S/C27H24N4O3/c1-16-8-4-5-9-18(16)25-23-24(30-27-28-15-29-31(25)27)19-10-6-7-11-21(19)34-26(23)20-13-12-17(32-2)14-22(20)33-3/h4-15,25-26H,1-3H3,(H,28,29,30). The maximum absolute atomic E-state index is 6.71. The lowest BCUT2D eigenvalue weighted by atomic mass is 9.83. The molecule has 0 bridgehead atoms. The monoisotopic (exact) mass is 452 g/mol. The molecular formula is C27H24N4O3. The minimum absolute atomic E-state index is 0.208. The number of ether oxygens (including phenoxy) is 3. The van der Waals surface area contributed by atoms with Crippen LogP contribution in [0.2, 0.25) is 0 Å². The minimum atomic E-state index is -0.416. The molecule has 0 radical (unpaired) electrons. The Bertz CT molecular complexity index is 1420. The molecule has 4 aromatic rings. The second-order valence-electron chi connectivity index (χ2n) is 8.34. The summed E-state index contributed by atoms with van der Waals surface area (Å²) in [5, 5.41) is 8.14. The fourth-order valence-corrected chi connectivity index (χ4v) is 4.90. The number of nitrogens with zero attached hydrogens (tertiary/aromatic N) is 3. The van der Waals surface area contributed by atoms with E-state index in [2.05, 4.69) is 46.6 Å². The van der Waals surface area contributed by atoms with Gasteiger partial charge in [0.1, 0.15) is 29.6 Å². The van der Waals surface area contributed by atoms with E-state index < -0.39 is 6.10 Å². The Kier molecular flexibility index (Phi) is 4.76. The highest BCUT2D eigenvalue weighted by Crippen LogP contribution is 2.52. The SMILES string of the molecule is COc1ccc(C2Oc3ccccc3C3=C2C(c2ccccc2C)n2ncnc2N3)c(OC)c1. The van der Waals surface area contributed by atoms with Crippen molar-refractivity contribution >= 4 is 11.6 Å². The summed E-state index contributed by atoms with van der Waals surface area (Å²) in [6, 6.07) is 22.1. The van der Waals surface area contributed by atoms with Crippen LogP contribution in [0.1, 0.15) is 34.4 Å². The Hall–Kier alpha value is -4.26. The van der Waals surface area contributed by atoms with E-state index in [1.54, 1.807) is 20.5 Å². The first-order valence-corrected chi connectivity index (χ1v) is 11.1. The van der Waals surface area contributed by atoms with E-state index in [4.69, 9.17) is 14.2 Å². The average molecular weight is 453 g/mol. The van der Waals surface area contributed by atoms with Crippen LogP contribution in [0.15, 0.2) is 78.6 Å². The lowest BCUT2D eigenvalue weighted by Gasteiger charge is -2.39. The van der Waals surface area contributed by atoms with Gasteiger partial charge in [-0.25, -0.2) is 4.68 Å². The maximum Gasteiger partial charge on any atom is 0.226 e. The van der Waals surface area contributed by atoms with Crippen molar-refractivity contribution in [1.29, 1.82) is 0 Å². The molecule has 2 unspecified atom stereocenters. The molecule has 2 aliphatic heterocycles. The molecule has 0 aliphatic carbocycles. The molecule has 0 spiro atoms. The Balaban J connectivity index is 1.64. The summed E-state index contributed by atoms with van der Waals surface area (Å²) in [4.78, 5) is 4.50. The summed E-state index contributed by atoms with van der Waals surface area (Å²) in [6.45, 7) is 2.12. The second kappa shape index (κ2) is 7.95. The van der Waals surface area contributed by atoms with Gasteiger partial charge in [-0.15, -0.1) is 0 Å². The first kappa shape index (κ1) is 20.4. The van der Waals surface area contributed by atoms with E-state index in [1.165, 1.54) is 5.56 Å². The molecular weight excluding hydrogens is 428 g/mol. The highest BCUT2D eigenvalue weighted by atomic mass is 16.5. The van der Waals surface area contributed by atoms with Gasteiger partial charge in [0.15, 0.2) is 6.10 Å². The Labute approximate surface area is 197 Å². The van der Waals surface area contributed by atoms with Crippen LogP contribution in [-0.4, -0.2) is 29.0 Å². The largest absolute Gasteiger partial charge is 0.497 e. The smallest absolute Gasteiger partial charge is 0.226 e. The number of para-hydroxylation sites is 1. The summed E-state index contributed by atoms with van der Waals surface area (Å²) in [7, 11) is 3.31. The van der Waals surface area contributed by atoms with Gasteiger partial charge in [-0.2, -0.15) is 10.1 Å². The van der Waals surface area contributed by atoms with Crippen LogP contribution in [0.5, 0.6) is 17.2 Å². The van der Waals surface area contributed by atoms with Crippen molar-refractivity contribution in [2.24, 2.45) is 0 Å². The van der Waals surface area contributed by atoms with Crippen LogP contribution >= 0.6 is 0 Å². The topological polar surface area (TPSA) is 70.4 Å². The van der Waals surface area contributed by atoms with E-state index >= 15 is 0 Å². The summed E-state index contributed by atoms with van der Waals surface area (Å²) in [6.07, 6.45) is 1.17. The van der Waals surface area contributed by atoms with Crippen molar-refractivity contribution in [3.05, 3.63) is 101 Å². The zero-order valence-electron chi connectivity index (χ0n) is 19.1. The molecule has 170 valence electrons. The van der Waals surface area contributed by atoms with Crippen molar-refractivity contribution in [3.63, 3.8) is 0 Å². The normalized spacial score (nSPS) is 18.2. The Morgan fingerprint density at radius 1 is 0.941 bits per heavy atom. The molecule has 7 nitrogen and oxygen atoms in total. The number of benzene rings is 3. The van der Waals surface area contributed by atoms with Crippen LogP contribution < -0.4 is 19.5 Å². The summed E-state index contributed by atoms with van der Waals surface area (Å²) >= 11 is 0. The second-order valence-corrected chi connectivity index (χ2v) is 8.34. The van der Waals surface area contributed by atoms with Crippen molar-refractivity contribution < 1.29 is 14.2 Å². The van der Waals surface area contributed by atoms with Gasteiger partial charge in [-0.3, -0.25) is 0 Å². The van der Waals surface area contributed by atoms with Gasteiger partial charge in [-0.05, 0) is 42.3 Å². The van der Waals surface area contributed by atoms with Crippen LogP contribution in [0, 0.1) is 6.92 Å². The molecule has 0 saturated heterocycles. The van der Waals surface area contributed by atoms with E-state index in [-0.39, 0.29) is 6.04 Å². The molecule has 7 heteroatoms. The third kappa shape index (κ3) is 3.04. The molecule has 2 aliphatic rings. The zero-order chi connectivity index (χ0) is 23.2. The van der Waals surface area contributed by atoms with Crippen LogP contribution in [-0.2, 0) is 0 Å². The summed E-state index contributed by atoms with van der Waals surface area (Å²) < 4.78 is 19.9. The number of hydrogen-bond donors (Lipinski definition) is 1. The number of fused-ring (bicyclic) bond motifs is 3. The molecule has 34 heavy (non-hydrogen) atoms. The van der Waals surface area contributed by atoms with Gasteiger partial charge in [0.05, 0.1) is 19.9 Å². The molecule has 2 atom stereocenters. The molecule has 0 saturated carbocycles. The van der Waals surface area contributed by atoms with Gasteiger partial charge < -0.3 is 19.5 Å². The van der Waals surface area contributed by atoms with Gasteiger partial charge in [0, 0.05) is 22.8 Å². The molecule has 3 heterocycles. The Morgan fingerprint density at radius 3 is 2.59 bits per heavy atom. The van der Waals surface area contributed by atoms with E-state index in [1.807, 2.05) is 47.1 Å². The quantitative estimate of drug-likeness (QED) is 0.461. The number of aryl methyl sites for hydroxylation is 1. The first-order chi connectivity index (χ1) is 16.7. The number of methoxy groups -OCH3 is 2. The molecule has 6 rings (SSSR count). The average Bonchev–Trinajstić information content (AvgIpc) is 3.35. The van der Waals surface area contributed by atoms with Crippen molar-refractivity contribution in [2.75, 3.05) is 19.5 Å². The summed E-state index contributed by atoms with van der Waals surface area (Å²) in [5.41, 5.74) is 6.25. The molecule has 3 aromatic carbocycles. The van der Waals surface area contributed by atoms with Gasteiger partial charge in [-0.1, -0.05) is 36.4 Å². The number of hydrogen-bond acceptors (Lipinski definition) is 6. The number of anilines is 1. The van der Waals surface area contributed by atoms with Crippen molar-refractivity contribution in [2.45, 2.75) is 19.1 Å². The van der Waals surface area contributed by atoms with E-state index in [0.29, 0.717) is 11.7 Å².